The number of carbonyl (C=O) groups is 1. The third-order valence-corrected chi connectivity index (χ3v) is 3.16. The lowest BCUT2D eigenvalue weighted by Gasteiger charge is -2.10. The molecule has 0 radical (unpaired) electrons. The lowest BCUT2D eigenvalue weighted by Crippen LogP contribution is -2.05. The highest BCUT2D eigenvalue weighted by atomic mass is 79.9. The van der Waals surface area contributed by atoms with Crippen molar-refractivity contribution in [3.05, 3.63) is 34.9 Å². The van der Waals surface area contributed by atoms with Crippen molar-refractivity contribution in [2.75, 3.05) is 5.88 Å². The molecule has 0 N–H and O–H groups in total. The van der Waals surface area contributed by atoms with Crippen LogP contribution in [0.4, 0.5) is 0 Å². The van der Waals surface area contributed by atoms with Gasteiger partial charge in [-0.1, -0.05) is 41.1 Å². The van der Waals surface area contributed by atoms with Crippen molar-refractivity contribution in [2.24, 2.45) is 0 Å². The number of hydrogen-bond acceptors (Lipinski definition) is 1. The maximum atomic E-state index is 11.8. The molecule has 0 spiro atoms. The molecule has 3 heteroatoms. The molecule has 0 bridgehead atoms. The van der Waals surface area contributed by atoms with E-state index in [0.717, 1.165) is 22.9 Å². The summed E-state index contributed by atoms with van der Waals surface area (Å²) in [5, 5.41) is 0.723. The van der Waals surface area contributed by atoms with Crippen molar-refractivity contribution in [3.63, 3.8) is 0 Å². The van der Waals surface area contributed by atoms with Crippen molar-refractivity contribution in [1.29, 1.82) is 0 Å². The number of Topliss-reactive ketones (excluding diaryl/α,β-unsaturated/α-hetero) is 1. The lowest BCUT2D eigenvalue weighted by molar-refractivity contribution is 0.0988. The summed E-state index contributed by atoms with van der Waals surface area (Å²) >= 11 is 9.02. The molecular formula is C12H14BrClO. The first-order valence-electron chi connectivity index (χ1n) is 5.00. The van der Waals surface area contributed by atoms with E-state index < -0.39 is 0 Å². The van der Waals surface area contributed by atoms with E-state index in [-0.39, 0.29) is 5.78 Å². The van der Waals surface area contributed by atoms with E-state index in [1.54, 1.807) is 0 Å². The van der Waals surface area contributed by atoms with Gasteiger partial charge in [0.15, 0.2) is 5.78 Å². The van der Waals surface area contributed by atoms with Crippen LogP contribution in [0.1, 0.15) is 34.8 Å². The molecule has 1 aromatic rings. The Balaban J connectivity index is 3.11. The number of halogens is 2. The van der Waals surface area contributed by atoms with Gasteiger partial charge >= 0.3 is 0 Å². The molecule has 0 fully saturated rings. The van der Waals surface area contributed by atoms with Gasteiger partial charge in [0.05, 0.1) is 0 Å². The summed E-state index contributed by atoms with van der Waals surface area (Å²) in [5.41, 5.74) is 3.15. The van der Waals surface area contributed by atoms with Gasteiger partial charge < -0.3 is 0 Å². The summed E-state index contributed by atoms with van der Waals surface area (Å²) in [5.74, 6) is 0.520. The minimum absolute atomic E-state index is 0.134. The maximum Gasteiger partial charge on any atom is 0.164 e. The molecule has 0 amide bonds. The quantitative estimate of drug-likeness (QED) is 0.592. The molecule has 0 aromatic heterocycles. The molecule has 0 aliphatic rings. The van der Waals surface area contributed by atoms with E-state index in [1.165, 1.54) is 5.56 Å². The molecule has 1 rings (SSSR count). The fourth-order valence-corrected chi connectivity index (χ4v) is 2.44. The second-order valence-electron chi connectivity index (χ2n) is 3.29. The number of alkyl halides is 2. The standard InChI is InChI=1S/C12H14BrClO/c1-2-9-4-3-5-10(11(9)8-13)12(15)6-7-14/h3-5H,2,6-8H2,1H3. The van der Waals surface area contributed by atoms with Gasteiger partial charge in [-0.25, -0.2) is 0 Å². The largest absolute Gasteiger partial charge is 0.294 e. The number of benzene rings is 1. The zero-order valence-electron chi connectivity index (χ0n) is 8.72. The van der Waals surface area contributed by atoms with Crippen LogP contribution in [0.15, 0.2) is 18.2 Å². The van der Waals surface area contributed by atoms with Crippen LogP contribution < -0.4 is 0 Å². The Morgan fingerprint density at radius 2 is 2.20 bits per heavy atom. The first-order chi connectivity index (χ1) is 7.24. The van der Waals surface area contributed by atoms with Gasteiger partial charge in [0.1, 0.15) is 0 Å². The third kappa shape index (κ3) is 3.05. The average Bonchev–Trinajstić information content (AvgIpc) is 2.28. The van der Waals surface area contributed by atoms with E-state index in [1.807, 2.05) is 12.1 Å². The fourth-order valence-electron chi connectivity index (χ4n) is 1.61. The van der Waals surface area contributed by atoms with Gasteiger partial charge in [-0.05, 0) is 17.5 Å². The molecule has 0 aliphatic heterocycles. The smallest absolute Gasteiger partial charge is 0.164 e. The molecule has 82 valence electrons. The third-order valence-electron chi connectivity index (χ3n) is 2.41. The van der Waals surface area contributed by atoms with Crippen LogP contribution in [-0.2, 0) is 11.8 Å². The van der Waals surface area contributed by atoms with Crippen LogP contribution in [0.25, 0.3) is 0 Å². The second kappa shape index (κ2) is 6.29. The summed E-state index contributed by atoms with van der Waals surface area (Å²) in [6.07, 6.45) is 1.36. The number of carbonyl (C=O) groups excluding carboxylic acids is 1. The first-order valence-corrected chi connectivity index (χ1v) is 6.66. The maximum absolute atomic E-state index is 11.8. The Bertz CT molecular complexity index is 349. The minimum Gasteiger partial charge on any atom is -0.294 e. The minimum atomic E-state index is 0.134. The van der Waals surface area contributed by atoms with Crippen molar-refractivity contribution in [1.82, 2.24) is 0 Å². The molecule has 0 aliphatic carbocycles. The summed E-state index contributed by atoms with van der Waals surface area (Å²) < 4.78 is 0. The number of aryl methyl sites for hydroxylation is 1. The monoisotopic (exact) mass is 288 g/mol. The predicted molar refractivity (Wildman–Crippen MR) is 68.1 cm³/mol. The van der Waals surface area contributed by atoms with Gasteiger partial charge in [-0.3, -0.25) is 4.79 Å². The van der Waals surface area contributed by atoms with Crippen LogP contribution in [0.5, 0.6) is 0 Å². The molecular weight excluding hydrogens is 275 g/mol. The van der Waals surface area contributed by atoms with Crippen molar-refractivity contribution in [2.45, 2.75) is 25.1 Å². The van der Waals surface area contributed by atoms with E-state index in [2.05, 4.69) is 28.9 Å². The molecule has 0 atom stereocenters. The molecule has 0 saturated carbocycles. The normalized spacial score (nSPS) is 10.3. The topological polar surface area (TPSA) is 17.1 Å². The van der Waals surface area contributed by atoms with Gasteiger partial charge in [0.2, 0.25) is 0 Å². The van der Waals surface area contributed by atoms with Gasteiger partial charge in [0.25, 0.3) is 0 Å². The molecule has 15 heavy (non-hydrogen) atoms. The molecule has 1 aromatic carbocycles. The molecule has 0 saturated heterocycles. The lowest BCUT2D eigenvalue weighted by atomic mass is 9.97. The Labute approximate surface area is 104 Å². The van der Waals surface area contributed by atoms with E-state index in [0.29, 0.717) is 12.3 Å². The SMILES string of the molecule is CCc1cccc(C(=O)CCCl)c1CBr. The molecule has 1 nitrogen and oxygen atoms in total. The number of rotatable bonds is 5. The number of hydrogen-bond donors (Lipinski definition) is 0. The molecule has 0 heterocycles. The Morgan fingerprint density at radius 3 is 2.73 bits per heavy atom. The van der Waals surface area contributed by atoms with Gasteiger partial charge in [-0.15, -0.1) is 11.6 Å². The van der Waals surface area contributed by atoms with Crippen molar-refractivity contribution < 1.29 is 4.79 Å². The van der Waals surface area contributed by atoms with Gasteiger partial charge in [-0.2, -0.15) is 0 Å². The van der Waals surface area contributed by atoms with E-state index in [4.69, 9.17) is 11.6 Å². The summed E-state index contributed by atoms with van der Waals surface area (Å²) in [7, 11) is 0. The Morgan fingerprint density at radius 1 is 1.47 bits per heavy atom. The first kappa shape index (κ1) is 12.7. The van der Waals surface area contributed by atoms with Crippen molar-refractivity contribution >= 4 is 33.3 Å². The highest BCUT2D eigenvalue weighted by Crippen LogP contribution is 2.20. The van der Waals surface area contributed by atoms with Crippen LogP contribution in [0, 0.1) is 0 Å². The van der Waals surface area contributed by atoms with Gasteiger partial charge in [0, 0.05) is 23.2 Å². The van der Waals surface area contributed by atoms with E-state index in [9.17, 15) is 4.79 Å². The second-order valence-corrected chi connectivity index (χ2v) is 4.23. The Hall–Kier alpha value is -0.340. The Kier molecular flexibility index (Phi) is 5.34. The van der Waals surface area contributed by atoms with Crippen molar-refractivity contribution in [3.8, 4) is 0 Å². The zero-order valence-corrected chi connectivity index (χ0v) is 11.1. The highest BCUT2D eigenvalue weighted by molar-refractivity contribution is 9.08. The summed E-state index contributed by atoms with van der Waals surface area (Å²) in [4.78, 5) is 11.8. The van der Waals surface area contributed by atoms with Crippen LogP contribution in [0.3, 0.4) is 0 Å². The molecule has 0 unspecified atom stereocenters. The fraction of sp³-hybridized carbons (Fsp3) is 0.417. The summed E-state index contributed by atoms with van der Waals surface area (Å²) in [6.45, 7) is 2.09. The predicted octanol–water partition coefficient (Wildman–Crippen LogP) is 3.96. The zero-order chi connectivity index (χ0) is 11.3. The average molecular weight is 290 g/mol. The summed E-state index contributed by atoms with van der Waals surface area (Å²) in [6, 6.07) is 5.88. The van der Waals surface area contributed by atoms with Crippen LogP contribution in [0.2, 0.25) is 0 Å². The highest BCUT2D eigenvalue weighted by Gasteiger charge is 2.12. The van der Waals surface area contributed by atoms with Crippen LogP contribution in [-0.4, -0.2) is 11.7 Å². The van der Waals surface area contributed by atoms with Crippen LogP contribution >= 0.6 is 27.5 Å². The number of ketones is 1. The van der Waals surface area contributed by atoms with E-state index >= 15 is 0 Å².